The van der Waals surface area contributed by atoms with Gasteiger partial charge in [0.15, 0.2) is 0 Å². The quantitative estimate of drug-likeness (QED) is 0.474. The van der Waals surface area contributed by atoms with Gasteiger partial charge in [0.1, 0.15) is 0 Å². The Morgan fingerprint density at radius 2 is 1.32 bits per heavy atom. The van der Waals surface area contributed by atoms with E-state index in [1.165, 1.54) is 0 Å². The molecule has 0 aromatic heterocycles. The van der Waals surface area contributed by atoms with E-state index in [2.05, 4.69) is 0 Å². The van der Waals surface area contributed by atoms with E-state index >= 15 is 0 Å². The van der Waals surface area contributed by atoms with Gasteiger partial charge in [0.25, 0.3) is 0 Å². The summed E-state index contributed by atoms with van der Waals surface area (Å²) in [7, 11) is 0. The highest BCUT2D eigenvalue weighted by molar-refractivity contribution is 5.67. The lowest BCUT2D eigenvalue weighted by Gasteiger charge is -2.15. The molecule has 0 aromatic carbocycles. The van der Waals surface area contributed by atoms with Crippen molar-refractivity contribution in [3.05, 3.63) is 0 Å². The molecule has 0 rings (SSSR count). The maximum absolute atomic E-state index is 10.7. The second-order valence-electron chi connectivity index (χ2n) is 5.16. The molecule has 0 aromatic rings. The molecule has 1 atom stereocenters. The maximum Gasteiger partial charge on any atom is 0.0445 e. The van der Waals surface area contributed by atoms with E-state index in [4.69, 9.17) is 0 Å². The highest BCUT2D eigenvalue weighted by atomic mass is 16.4. The Labute approximate surface area is 116 Å². The van der Waals surface area contributed by atoms with Gasteiger partial charge < -0.3 is 19.8 Å². The van der Waals surface area contributed by atoms with Crippen LogP contribution in [-0.2, 0) is 9.59 Å². The summed E-state index contributed by atoms with van der Waals surface area (Å²) in [5.74, 6) is -2.17. The SMILES string of the molecule is CC[C@@H](CCCCCCCCCCC(=O)[O-])C(=O)[O-]. The van der Waals surface area contributed by atoms with Crippen molar-refractivity contribution in [3.8, 4) is 0 Å². The average Bonchev–Trinajstić information content (AvgIpc) is 2.35. The van der Waals surface area contributed by atoms with Crippen LogP contribution in [0.25, 0.3) is 0 Å². The lowest BCUT2D eigenvalue weighted by Crippen LogP contribution is -2.30. The third kappa shape index (κ3) is 11.7. The highest BCUT2D eigenvalue weighted by Gasteiger charge is 2.06. The zero-order valence-corrected chi connectivity index (χ0v) is 12.0. The van der Waals surface area contributed by atoms with Crippen LogP contribution < -0.4 is 10.2 Å². The third-order valence-electron chi connectivity index (χ3n) is 3.51. The highest BCUT2D eigenvalue weighted by Crippen LogP contribution is 2.15. The maximum atomic E-state index is 10.7. The first kappa shape index (κ1) is 17.9. The van der Waals surface area contributed by atoms with E-state index in [1.54, 1.807) is 0 Å². The van der Waals surface area contributed by atoms with Gasteiger partial charge in [0.05, 0.1) is 0 Å². The standard InChI is InChI=1S/C15H28O4/c1-2-13(15(18)19)11-9-7-5-3-4-6-8-10-12-14(16)17/h13H,2-12H2,1H3,(H,16,17)(H,18,19)/p-2/t13-/m0/s1. The predicted octanol–water partition coefficient (Wildman–Crippen LogP) is 1.41. The molecule has 0 aliphatic carbocycles. The number of aliphatic carboxylic acids is 2. The Morgan fingerprint density at radius 1 is 0.842 bits per heavy atom. The minimum absolute atomic E-state index is 0.168. The van der Waals surface area contributed by atoms with Crippen molar-refractivity contribution >= 4 is 11.9 Å². The normalized spacial score (nSPS) is 12.3. The fraction of sp³-hybridized carbons (Fsp3) is 0.867. The summed E-state index contributed by atoms with van der Waals surface area (Å²) in [6.45, 7) is 1.88. The molecule has 0 aliphatic rings. The summed E-state index contributed by atoms with van der Waals surface area (Å²) < 4.78 is 0. The van der Waals surface area contributed by atoms with Crippen LogP contribution in [0.1, 0.15) is 77.6 Å². The molecule has 0 heterocycles. The summed E-state index contributed by atoms with van der Waals surface area (Å²) in [5.41, 5.74) is 0. The van der Waals surface area contributed by atoms with E-state index in [0.717, 1.165) is 51.4 Å². The summed E-state index contributed by atoms with van der Waals surface area (Å²) in [6, 6.07) is 0. The van der Waals surface area contributed by atoms with E-state index in [0.29, 0.717) is 12.8 Å². The monoisotopic (exact) mass is 270 g/mol. The van der Waals surface area contributed by atoms with Crippen molar-refractivity contribution in [1.82, 2.24) is 0 Å². The van der Waals surface area contributed by atoms with Gasteiger partial charge in [-0.3, -0.25) is 0 Å². The lowest BCUT2D eigenvalue weighted by molar-refractivity contribution is -0.312. The molecular formula is C15H26O4-2. The van der Waals surface area contributed by atoms with Gasteiger partial charge in [-0.05, 0) is 31.6 Å². The first-order chi connectivity index (χ1) is 9.07. The molecule has 0 spiro atoms. The third-order valence-corrected chi connectivity index (χ3v) is 3.51. The first-order valence-electron chi connectivity index (χ1n) is 7.48. The van der Waals surface area contributed by atoms with E-state index < -0.39 is 11.9 Å². The van der Waals surface area contributed by atoms with Gasteiger partial charge in [-0.15, -0.1) is 0 Å². The van der Waals surface area contributed by atoms with Crippen LogP contribution in [0.2, 0.25) is 0 Å². The van der Waals surface area contributed by atoms with Gasteiger partial charge in [0, 0.05) is 11.9 Å². The molecule has 112 valence electrons. The number of carboxylic acid groups (broad SMARTS) is 2. The van der Waals surface area contributed by atoms with Gasteiger partial charge >= 0.3 is 0 Å². The van der Waals surface area contributed by atoms with Gasteiger partial charge in [-0.1, -0.05) is 51.9 Å². The van der Waals surface area contributed by atoms with Crippen molar-refractivity contribution in [2.24, 2.45) is 5.92 Å². The van der Waals surface area contributed by atoms with Crippen molar-refractivity contribution in [1.29, 1.82) is 0 Å². The second kappa shape index (κ2) is 12.0. The van der Waals surface area contributed by atoms with Crippen LogP contribution in [0.15, 0.2) is 0 Å². The molecule has 0 saturated heterocycles. The molecule has 4 nitrogen and oxygen atoms in total. The van der Waals surface area contributed by atoms with Crippen LogP contribution in [-0.4, -0.2) is 11.9 Å². The Balaban J connectivity index is 3.23. The minimum atomic E-state index is -0.960. The Kier molecular flexibility index (Phi) is 11.3. The fourth-order valence-corrected chi connectivity index (χ4v) is 2.21. The molecule has 19 heavy (non-hydrogen) atoms. The number of rotatable bonds is 13. The number of hydrogen-bond donors (Lipinski definition) is 0. The molecule has 0 N–H and O–H groups in total. The summed E-state index contributed by atoms with van der Waals surface area (Å²) in [6.07, 6.45) is 9.72. The molecule has 0 saturated carbocycles. The Hall–Kier alpha value is -1.06. The number of unbranched alkanes of at least 4 members (excludes halogenated alkanes) is 7. The minimum Gasteiger partial charge on any atom is -0.550 e. The average molecular weight is 270 g/mol. The van der Waals surface area contributed by atoms with Crippen LogP contribution >= 0.6 is 0 Å². The molecule has 0 aliphatic heterocycles. The van der Waals surface area contributed by atoms with Crippen molar-refractivity contribution in [2.45, 2.75) is 77.6 Å². The second-order valence-corrected chi connectivity index (χ2v) is 5.16. The van der Waals surface area contributed by atoms with Crippen molar-refractivity contribution < 1.29 is 19.8 Å². The topological polar surface area (TPSA) is 80.3 Å². The van der Waals surface area contributed by atoms with E-state index in [9.17, 15) is 19.8 Å². The zero-order valence-electron chi connectivity index (χ0n) is 12.0. The number of carbonyl (C=O) groups excluding carboxylic acids is 2. The Bertz CT molecular complexity index is 251. The van der Waals surface area contributed by atoms with Crippen LogP contribution in [0.5, 0.6) is 0 Å². The van der Waals surface area contributed by atoms with Crippen LogP contribution in [0, 0.1) is 5.92 Å². The molecule has 0 unspecified atom stereocenters. The Morgan fingerprint density at radius 3 is 1.74 bits per heavy atom. The number of carboxylic acids is 2. The fourth-order valence-electron chi connectivity index (χ4n) is 2.21. The van der Waals surface area contributed by atoms with E-state index in [1.807, 2.05) is 6.92 Å². The van der Waals surface area contributed by atoms with Crippen LogP contribution in [0.4, 0.5) is 0 Å². The predicted molar refractivity (Wildman–Crippen MR) is 70.0 cm³/mol. The van der Waals surface area contributed by atoms with Gasteiger partial charge in [-0.25, -0.2) is 0 Å². The molecule has 0 fully saturated rings. The van der Waals surface area contributed by atoms with Gasteiger partial charge in [0.2, 0.25) is 0 Å². The summed E-state index contributed by atoms with van der Waals surface area (Å²) >= 11 is 0. The number of carbonyl (C=O) groups is 2. The first-order valence-corrected chi connectivity index (χ1v) is 7.48. The molecular weight excluding hydrogens is 244 g/mol. The zero-order chi connectivity index (χ0) is 14.5. The summed E-state index contributed by atoms with van der Waals surface area (Å²) in [5, 5.41) is 20.9. The van der Waals surface area contributed by atoms with Crippen molar-refractivity contribution in [3.63, 3.8) is 0 Å². The largest absolute Gasteiger partial charge is 0.550 e. The molecule has 0 radical (unpaired) electrons. The van der Waals surface area contributed by atoms with Gasteiger partial charge in [-0.2, -0.15) is 0 Å². The lowest BCUT2D eigenvalue weighted by atomic mass is 9.98. The molecule has 4 heteroatoms. The molecule has 0 bridgehead atoms. The smallest absolute Gasteiger partial charge is 0.0445 e. The summed E-state index contributed by atoms with van der Waals surface area (Å²) in [4.78, 5) is 20.9. The number of hydrogen-bond acceptors (Lipinski definition) is 4. The van der Waals surface area contributed by atoms with Crippen molar-refractivity contribution in [2.75, 3.05) is 0 Å². The van der Waals surface area contributed by atoms with E-state index in [-0.39, 0.29) is 12.3 Å². The van der Waals surface area contributed by atoms with Crippen LogP contribution in [0.3, 0.4) is 0 Å². The molecule has 0 amide bonds.